The number of sulfonamides is 1. The van der Waals surface area contributed by atoms with Gasteiger partial charge in [0, 0.05) is 24.3 Å². The number of morpholine rings is 1. The van der Waals surface area contributed by atoms with Crippen LogP contribution in [-0.4, -0.2) is 44.9 Å². The molecule has 33 heavy (non-hydrogen) atoms. The lowest BCUT2D eigenvalue weighted by Gasteiger charge is -2.26. The first-order valence-electron chi connectivity index (χ1n) is 10.4. The lowest BCUT2D eigenvalue weighted by atomic mass is 10.2. The topological polar surface area (TPSA) is 84.9 Å². The lowest BCUT2D eigenvalue weighted by Crippen LogP contribution is -2.40. The van der Waals surface area contributed by atoms with Crippen LogP contribution >= 0.6 is 11.6 Å². The Kier molecular flexibility index (Phi) is 7.29. The first-order valence-corrected chi connectivity index (χ1v) is 12.2. The molecule has 7 nitrogen and oxygen atoms in total. The summed E-state index contributed by atoms with van der Waals surface area (Å²) < 4.78 is 38.4. The van der Waals surface area contributed by atoms with Gasteiger partial charge in [0.25, 0.3) is 5.91 Å². The van der Waals surface area contributed by atoms with Crippen molar-refractivity contribution in [2.45, 2.75) is 11.5 Å². The third-order valence-corrected chi connectivity index (χ3v) is 7.50. The average Bonchev–Trinajstić information content (AvgIpc) is 2.85. The Morgan fingerprint density at radius 2 is 1.76 bits per heavy atom. The molecule has 0 aromatic heterocycles. The zero-order chi connectivity index (χ0) is 23.3. The van der Waals surface area contributed by atoms with Crippen molar-refractivity contribution >= 4 is 33.2 Å². The smallest absolute Gasteiger partial charge is 0.255 e. The minimum atomic E-state index is -3.81. The molecule has 1 fully saturated rings. The standard InChI is InChI=1S/C24H23ClN2O5S/c25-22-10-9-20(16-23(22)33(29,30)27-11-13-31-14-12-27)26-24(28)19-7-4-8-21(15-19)32-17-18-5-2-1-3-6-18/h1-10,15-16H,11-14,17H2,(H,26,28). The number of ether oxygens (including phenoxy) is 2. The Balaban J connectivity index is 1.48. The highest BCUT2D eigenvalue weighted by Gasteiger charge is 2.28. The summed E-state index contributed by atoms with van der Waals surface area (Å²) in [5.41, 5.74) is 1.72. The van der Waals surface area contributed by atoms with Gasteiger partial charge in [0.1, 0.15) is 17.3 Å². The van der Waals surface area contributed by atoms with Crippen LogP contribution in [0.4, 0.5) is 5.69 Å². The number of hydrogen-bond donors (Lipinski definition) is 1. The largest absolute Gasteiger partial charge is 0.489 e. The van der Waals surface area contributed by atoms with Gasteiger partial charge in [0.2, 0.25) is 10.0 Å². The first kappa shape index (κ1) is 23.3. The van der Waals surface area contributed by atoms with Crippen molar-refractivity contribution in [2.75, 3.05) is 31.6 Å². The highest BCUT2D eigenvalue weighted by molar-refractivity contribution is 7.89. The van der Waals surface area contributed by atoms with Crippen molar-refractivity contribution < 1.29 is 22.7 Å². The van der Waals surface area contributed by atoms with Gasteiger partial charge in [-0.2, -0.15) is 4.31 Å². The molecule has 1 N–H and O–H groups in total. The van der Waals surface area contributed by atoms with E-state index in [-0.39, 0.29) is 23.0 Å². The van der Waals surface area contributed by atoms with E-state index in [0.29, 0.717) is 36.8 Å². The SMILES string of the molecule is O=C(Nc1ccc(Cl)c(S(=O)(=O)N2CCOCC2)c1)c1cccc(OCc2ccccc2)c1. The Bertz CT molecular complexity index is 1230. The van der Waals surface area contributed by atoms with E-state index in [2.05, 4.69) is 5.32 Å². The van der Waals surface area contributed by atoms with Crippen LogP contribution in [0, 0.1) is 0 Å². The van der Waals surface area contributed by atoms with Crippen LogP contribution in [0.5, 0.6) is 5.75 Å². The number of nitrogens with zero attached hydrogens (tertiary/aromatic N) is 1. The van der Waals surface area contributed by atoms with Gasteiger partial charge in [-0.3, -0.25) is 4.79 Å². The zero-order valence-electron chi connectivity index (χ0n) is 17.7. The van der Waals surface area contributed by atoms with Gasteiger partial charge in [0.05, 0.1) is 18.2 Å². The maximum absolute atomic E-state index is 13.0. The predicted molar refractivity (Wildman–Crippen MR) is 126 cm³/mol. The third kappa shape index (κ3) is 5.72. The molecule has 3 aromatic rings. The van der Waals surface area contributed by atoms with E-state index in [9.17, 15) is 13.2 Å². The van der Waals surface area contributed by atoms with E-state index in [1.165, 1.54) is 16.4 Å². The molecule has 4 rings (SSSR count). The van der Waals surface area contributed by atoms with Gasteiger partial charge in [-0.15, -0.1) is 0 Å². The monoisotopic (exact) mass is 486 g/mol. The van der Waals surface area contributed by atoms with E-state index >= 15 is 0 Å². The fourth-order valence-corrected chi connectivity index (χ4v) is 5.28. The number of hydrogen-bond acceptors (Lipinski definition) is 5. The number of nitrogens with one attached hydrogen (secondary N) is 1. The fraction of sp³-hybridized carbons (Fsp3) is 0.208. The minimum absolute atomic E-state index is 0.0520. The van der Waals surface area contributed by atoms with Crippen LogP contribution in [0.2, 0.25) is 5.02 Å². The minimum Gasteiger partial charge on any atom is -0.489 e. The van der Waals surface area contributed by atoms with Gasteiger partial charge >= 0.3 is 0 Å². The van der Waals surface area contributed by atoms with Gasteiger partial charge < -0.3 is 14.8 Å². The molecule has 3 aromatic carbocycles. The Labute approximate surface area is 197 Å². The van der Waals surface area contributed by atoms with Crippen LogP contribution in [0.3, 0.4) is 0 Å². The normalized spacial score (nSPS) is 14.6. The van der Waals surface area contributed by atoms with Crippen LogP contribution in [0.1, 0.15) is 15.9 Å². The van der Waals surface area contributed by atoms with E-state index < -0.39 is 15.9 Å². The molecule has 0 atom stereocenters. The number of amides is 1. The predicted octanol–water partition coefficient (Wildman–Crippen LogP) is 4.19. The maximum Gasteiger partial charge on any atom is 0.255 e. The molecule has 1 aliphatic heterocycles. The summed E-state index contributed by atoms with van der Waals surface area (Å²) in [6.45, 7) is 1.55. The molecular weight excluding hydrogens is 464 g/mol. The number of halogens is 1. The molecule has 1 aliphatic rings. The second kappa shape index (κ2) is 10.4. The Morgan fingerprint density at radius 3 is 2.52 bits per heavy atom. The van der Waals surface area contributed by atoms with Gasteiger partial charge in [0.15, 0.2) is 0 Å². The number of carbonyl (C=O) groups excluding carboxylic acids is 1. The quantitative estimate of drug-likeness (QED) is 0.541. The summed E-state index contributed by atoms with van der Waals surface area (Å²) in [4.78, 5) is 12.8. The molecule has 1 saturated heterocycles. The molecule has 1 amide bonds. The zero-order valence-corrected chi connectivity index (χ0v) is 19.3. The summed E-state index contributed by atoms with van der Waals surface area (Å²) in [5.74, 6) is 0.162. The summed E-state index contributed by atoms with van der Waals surface area (Å²) >= 11 is 6.19. The second-order valence-electron chi connectivity index (χ2n) is 7.42. The third-order valence-electron chi connectivity index (χ3n) is 5.12. The molecule has 0 spiro atoms. The molecule has 0 aliphatic carbocycles. The van der Waals surface area contributed by atoms with Crippen molar-refractivity contribution in [2.24, 2.45) is 0 Å². The lowest BCUT2D eigenvalue weighted by molar-refractivity contribution is 0.0730. The maximum atomic E-state index is 13.0. The number of carbonyl (C=O) groups is 1. The number of benzene rings is 3. The van der Waals surface area contributed by atoms with Crippen molar-refractivity contribution in [3.63, 3.8) is 0 Å². The molecule has 1 heterocycles. The first-order chi connectivity index (χ1) is 15.9. The second-order valence-corrected chi connectivity index (χ2v) is 9.73. The van der Waals surface area contributed by atoms with Crippen LogP contribution < -0.4 is 10.1 Å². The Morgan fingerprint density at radius 1 is 1.00 bits per heavy atom. The van der Waals surface area contributed by atoms with Crippen LogP contribution in [0.15, 0.2) is 77.7 Å². The van der Waals surface area contributed by atoms with E-state index in [1.807, 2.05) is 30.3 Å². The van der Waals surface area contributed by atoms with Crippen LogP contribution in [-0.2, 0) is 21.4 Å². The number of anilines is 1. The molecule has 0 saturated carbocycles. The van der Waals surface area contributed by atoms with Gasteiger partial charge in [-0.1, -0.05) is 48.0 Å². The van der Waals surface area contributed by atoms with Crippen molar-refractivity contribution in [1.82, 2.24) is 4.31 Å². The van der Waals surface area contributed by atoms with Gasteiger partial charge in [-0.05, 0) is 42.0 Å². The molecule has 0 bridgehead atoms. The summed E-state index contributed by atoms with van der Waals surface area (Å²) in [7, 11) is -3.81. The summed E-state index contributed by atoms with van der Waals surface area (Å²) in [5, 5.41) is 2.83. The molecule has 0 radical (unpaired) electrons. The summed E-state index contributed by atoms with van der Waals surface area (Å²) in [6.07, 6.45) is 0. The molecule has 172 valence electrons. The molecule has 9 heteroatoms. The number of rotatable bonds is 7. The molecular formula is C24H23ClN2O5S. The van der Waals surface area contributed by atoms with Crippen LogP contribution in [0.25, 0.3) is 0 Å². The Hall–Kier alpha value is -2.91. The van der Waals surface area contributed by atoms with Crippen molar-refractivity contribution in [3.8, 4) is 5.75 Å². The highest BCUT2D eigenvalue weighted by Crippen LogP contribution is 2.28. The summed E-state index contributed by atoms with van der Waals surface area (Å²) in [6, 6.07) is 20.9. The van der Waals surface area contributed by atoms with E-state index in [0.717, 1.165) is 5.56 Å². The van der Waals surface area contributed by atoms with E-state index in [1.54, 1.807) is 30.3 Å². The molecule has 0 unspecified atom stereocenters. The average molecular weight is 487 g/mol. The van der Waals surface area contributed by atoms with Crippen molar-refractivity contribution in [1.29, 1.82) is 0 Å². The fourth-order valence-electron chi connectivity index (χ4n) is 3.38. The van der Waals surface area contributed by atoms with E-state index in [4.69, 9.17) is 21.1 Å². The highest BCUT2D eigenvalue weighted by atomic mass is 35.5. The van der Waals surface area contributed by atoms with Crippen molar-refractivity contribution in [3.05, 3.63) is 88.9 Å². The van der Waals surface area contributed by atoms with Gasteiger partial charge in [-0.25, -0.2) is 8.42 Å².